The van der Waals surface area contributed by atoms with Crippen molar-refractivity contribution < 1.29 is 19.0 Å². The van der Waals surface area contributed by atoms with E-state index in [1.807, 2.05) is 27.7 Å². The smallest absolute Gasteiger partial charge is 0.322 e. The maximum atomic E-state index is 13.0. The molecule has 13 heteroatoms. The lowest BCUT2D eigenvalue weighted by atomic mass is 9.28. The van der Waals surface area contributed by atoms with Crippen molar-refractivity contribution in [2.75, 3.05) is 20.8 Å². The lowest BCUT2D eigenvalue weighted by molar-refractivity contribution is -0.168. The van der Waals surface area contributed by atoms with Crippen LogP contribution in [0.2, 0.25) is 0 Å². The number of methoxy groups -OCH3 is 2. The van der Waals surface area contributed by atoms with Crippen LogP contribution < -0.4 is 26.1 Å². The highest BCUT2D eigenvalue weighted by Crippen LogP contribution is 2.52. The van der Waals surface area contributed by atoms with Gasteiger partial charge in [-0.2, -0.15) is 0 Å². The fourth-order valence-electron chi connectivity index (χ4n) is 5.66. The van der Waals surface area contributed by atoms with Gasteiger partial charge in [-0.05, 0) is 41.2 Å². The van der Waals surface area contributed by atoms with Crippen LogP contribution in [0.15, 0.2) is 0 Å². The Morgan fingerprint density at radius 3 is 2.05 bits per heavy atom. The number of benzene rings is 1. The summed E-state index contributed by atoms with van der Waals surface area (Å²) in [7, 11) is 49.6. The van der Waals surface area contributed by atoms with Gasteiger partial charge in [-0.1, -0.05) is 43.8 Å². The number of nitrogens with zero attached hydrogens (tertiary/aromatic N) is 1. The molecule has 3 rings (SSSR count). The molecule has 1 fully saturated rings. The molecule has 1 aromatic carbocycles. The van der Waals surface area contributed by atoms with Crippen LogP contribution in [-0.4, -0.2) is 103 Å². The van der Waals surface area contributed by atoms with Gasteiger partial charge >= 0.3 is 5.97 Å². The lowest BCUT2D eigenvalue weighted by Gasteiger charge is -2.65. The van der Waals surface area contributed by atoms with E-state index in [2.05, 4.69) is 0 Å². The van der Waals surface area contributed by atoms with Crippen LogP contribution in [0, 0.1) is 17.8 Å². The van der Waals surface area contributed by atoms with Gasteiger partial charge in [0, 0.05) is 18.5 Å². The molecule has 6 nitrogen and oxygen atoms in total. The molecule has 182 valence electrons. The predicted molar refractivity (Wildman–Crippen MR) is 152 cm³/mol. The van der Waals surface area contributed by atoms with Crippen LogP contribution in [0.5, 0.6) is 11.5 Å². The first kappa shape index (κ1) is 30.2. The van der Waals surface area contributed by atoms with E-state index in [0.717, 1.165) is 0 Å². The molecule has 37 heavy (non-hydrogen) atoms. The number of fused-ring (bicyclic) bond motifs is 3. The minimum Gasteiger partial charge on any atom is -0.494 e. The summed E-state index contributed by atoms with van der Waals surface area (Å²) in [5.74, 6) is -0.511. The van der Waals surface area contributed by atoms with Crippen molar-refractivity contribution in [3.63, 3.8) is 0 Å². The number of carbonyl (C=O) groups excluding carboxylic acids is 1. The average molecular weight is 487 g/mol. The Kier molecular flexibility index (Phi) is 8.44. The second-order valence-electron chi connectivity index (χ2n) is 11.2. The number of hydrogen-bond donors (Lipinski definition) is 1. The SMILES string of the molecule is [B]c1c(OC)c(OC)c([B])c2c1C1CC([B])(OC(=O)[C@@H](N)C(C)C)C(CC(C)C)CN1C([B])([B])C2([B])[B]. The van der Waals surface area contributed by atoms with Gasteiger partial charge in [-0.15, -0.1) is 0 Å². The van der Waals surface area contributed by atoms with Crippen molar-refractivity contribution in [2.24, 2.45) is 23.5 Å². The first-order valence-corrected chi connectivity index (χ1v) is 12.5. The zero-order valence-electron chi connectivity index (χ0n) is 22.7. The van der Waals surface area contributed by atoms with E-state index in [0.29, 0.717) is 12.0 Å². The van der Waals surface area contributed by atoms with E-state index < -0.39 is 34.1 Å². The molecule has 0 amide bonds. The van der Waals surface area contributed by atoms with E-state index >= 15 is 0 Å². The van der Waals surface area contributed by atoms with Crippen LogP contribution in [0.1, 0.15) is 57.7 Å². The van der Waals surface area contributed by atoms with Crippen molar-refractivity contribution in [2.45, 2.75) is 68.7 Å². The first-order valence-electron chi connectivity index (χ1n) is 12.5. The second kappa shape index (κ2) is 10.3. The standard InChI is InChI=1S/C24H31B7N2O4/c1-10(2)7-12-9-33-13(8-22(12,27)37-21(34)18(32)11(3)4)14-15(23(28,29)24(33,30)31)17(26)20(36-6)19(35-5)16(14)25/h10-13,18H,7-9,32H2,1-6H3/t12?,13?,18-,22?/m0/s1. The summed E-state index contributed by atoms with van der Waals surface area (Å²) in [6, 6.07) is -1.51. The second-order valence-corrected chi connectivity index (χ2v) is 11.2. The summed E-state index contributed by atoms with van der Waals surface area (Å²) >= 11 is 0. The third-order valence-electron chi connectivity index (χ3n) is 7.85. The highest BCUT2D eigenvalue weighted by molar-refractivity contribution is 6.56. The summed E-state index contributed by atoms with van der Waals surface area (Å²) in [4.78, 5) is 14.8. The number of esters is 1. The van der Waals surface area contributed by atoms with Crippen molar-refractivity contribution >= 4 is 71.8 Å². The van der Waals surface area contributed by atoms with E-state index in [-0.39, 0.29) is 58.7 Å². The normalized spacial score (nSPS) is 27.3. The van der Waals surface area contributed by atoms with Gasteiger partial charge in [0.05, 0.1) is 51.1 Å². The zero-order valence-corrected chi connectivity index (χ0v) is 22.7. The molecule has 2 N–H and O–H groups in total. The van der Waals surface area contributed by atoms with E-state index in [1.165, 1.54) is 14.2 Å². The Morgan fingerprint density at radius 1 is 1.03 bits per heavy atom. The Labute approximate surface area is 231 Å². The van der Waals surface area contributed by atoms with Crippen molar-refractivity contribution in [1.82, 2.24) is 4.90 Å². The predicted octanol–water partition coefficient (Wildman–Crippen LogP) is -1.41. The van der Waals surface area contributed by atoms with Gasteiger partial charge < -0.3 is 24.8 Å². The quantitative estimate of drug-likeness (QED) is 0.377. The minimum atomic E-state index is -1.84. The molecule has 3 unspecified atom stereocenters. The van der Waals surface area contributed by atoms with E-state index in [4.69, 9.17) is 74.9 Å². The Balaban J connectivity index is 2.26. The molecular formula is C24H31B7N2O4. The Morgan fingerprint density at radius 2 is 1.57 bits per heavy atom. The van der Waals surface area contributed by atoms with Gasteiger partial charge in [0.2, 0.25) is 0 Å². The molecule has 2 heterocycles. The van der Waals surface area contributed by atoms with E-state index in [1.54, 1.807) is 4.90 Å². The molecule has 1 aromatic rings. The molecule has 0 saturated carbocycles. The molecule has 4 atom stereocenters. The van der Waals surface area contributed by atoms with Gasteiger partial charge in [-0.25, -0.2) is 0 Å². The van der Waals surface area contributed by atoms with Crippen molar-refractivity contribution in [3.8, 4) is 11.5 Å². The average Bonchev–Trinajstić information content (AvgIpc) is 2.78. The number of piperidine rings is 1. The zero-order chi connectivity index (χ0) is 28.2. The summed E-state index contributed by atoms with van der Waals surface area (Å²) in [5, 5.41) is -3.62. The fraction of sp³-hybridized carbons (Fsp3) is 0.708. The lowest BCUT2D eigenvalue weighted by Crippen LogP contribution is -2.74. The Hall–Kier alpha value is -1.34. The summed E-state index contributed by atoms with van der Waals surface area (Å²) < 4.78 is 17.0. The van der Waals surface area contributed by atoms with Crippen LogP contribution >= 0.6 is 0 Å². The fourth-order valence-corrected chi connectivity index (χ4v) is 5.66. The van der Waals surface area contributed by atoms with Crippen LogP contribution in [-0.2, 0) is 14.7 Å². The van der Waals surface area contributed by atoms with Crippen LogP contribution in [0.4, 0.5) is 0 Å². The number of hydrogen-bond acceptors (Lipinski definition) is 6. The van der Waals surface area contributed by atoms with Gasteiger partial charge in [0.1, 0.15) is 29.6 Å². The van der Waals surface area contributed by atoms with Gasteiger partial charge in [-0.3, -0.25) is 4.79 Å². The maximum absolute atomic E-state index is 13.0. The van der Waals surface area contributed by atoms with Crippen LogP contribution in [0.25, 0.3) is 0 Å². The molecule has 14 radical (unpaired) electrons. The molecule has 0 spiro atoms. The third-order valence-corrected chi connectivity index (χ3v) is 7.85. The number of ether oxygens (including phenoxy) is 3. The molecule has 2 aliphatic rings. The summed E-state index contributed by atoms with van der Waals surface area (Å²) in [6.07, 6.45) is 0.692. The molecule has 0 aromatic heterocycles. The molecule has 0 bridgehead atoms. The molecule has 0 aliphatic carbocycles. The van der Waals surface area contributed by atoms with Gasteiger partial charge in [0.15, 0.2) is 11.5 Å². The monoisotopic (exact) mass is 488 g/mol. The largest absolute Gasteiger partial charge is 0.494 e. The Bertz CT molecular complexity index is 1050. The highest BCUT2D eigenvalue weighted by atomic mass is 16.6. The summed E-state index contributed by atoms with van der Waals surface area (Å²) in [5.41, 5.74) is 5.66. The number of carbonyl (C=O) groups is 1. The first-order chi connectivity index (χ1) is 17.0. The molecule has 2 aliphatic heterocycles. The van der Waals surface area contributed by atoms with Gasteiger partial charge in [0.25, 0.3) is 0 Å². The molecular weight excluding hydrogens is 456 g/mol. The molecule has 1 saturated heterocycles. The van der Waals surface area contributed by atoms with Crippen molar-refractivity contribution in [3.05, 3.63) is 11.1 Å². The van der Waals surface area contributed by atoms with Crippen molar-refractivity contribution in [1.29, 1.82) is 0 Å². The third kappa shape index (κ3) is 4.81. The van der Waals surface area contributed by atoms with Crippen LogP contribution in [0.3, 0.4) is 0 Å². The maximum Gasteiger partial charge on any atom is 0.322 e. The number of rotatable bonds is 7. The minimum absolute atomic E-state index is 0.0826. The highest BCUT2D eigenvalue weighted by Gasteiger charge is 2.57. The van der Waals surface area contributed by atoms with E-state index in [9.17, 15) is 4.79 Å². The topological polar surface area (TPSA) is 74.0 Å². The number of nitrogens with two attached hydrogens (primary N) is 1. The summed E-state index contributed by atoms with van der Waals surface area (Å²) in [6.45, 7) is 7.99.